The molecular formula is C35H54O8. The molecule has 242 valence electrons. The van der Waals surface area contributed by atoms with E-state index in [2.05, 4.69) is 47.3 Å². The normalized spacial score (nSPS) is 52.6. The summed E-state index contributed by atoms with van der Waals surface area (Å²) < 4.78 is 12.2. The highest BCUT2D eigenvalue weighted by molar-refractivity contribution is 5.77. The number of allylic oxidation sites excluding steroid dienone is 3. The largest absolute Gasteiger partial charge is 0.481 e. The van der Waals surface area contributed by atoms with E-state index in [1.165, 1.54) is 11.1 Å². The van der Waals surface area contributed by atoms with Crippen LogP contribution in [-0.2, 0) is 14.3 Å². The third kappa shape index (κ3) is 4.26. The number of ether oxygens (including phenoxy) is 2. The van der Waals surface area contributed by atoms with Gasteiger partial charge in [0.15, 0.2) is 6.29 Å². The summed E-state index contributed by atoms with van der Waals surface area (Å²) in [7, 11) is 0. The van der Waals surface area contributed by atoms with Crippen LogP contribution in [0.4, 0.5) is 0 Å². The molecule has 8 nitrogen and oxygen atoms in total. The minimum atomic E-state index is -1.45. The summed E-state index contributed by atoms with van der Waals surface area (Å²) >= 11 is 0. The molecule has 1 heterocycles. The summed E-state index contributed by atoms with van der Waals surface area (Å²) in [5.41, 5.74) is 1.71. The monoisotopic (exact) mass is 602 g/mol. The van der Waals surface area contributed by atoms with E-state index < -0.39 is 48.7 Å². The molecule has 5 fully saturated rings. The lowest BCUT2D eigenvalue weighted by molar-refractivity contribution is -0.330. The number of hydrogen-bond donors (Lipinski definition) is 5. The minimum Gasteiger partial charge on any atom is -0.481 e. The lowest BCUT2D eigenvalue weighted by Crippen LogP contribution is -2.65. The van der Waals surface area contributed by atoms with Gasteiger partial charge in [-0.1, -0.05) is 58.4 Å². The third-order valence-electron chi connectivity index (χ3n) is 14.6. The van der Waals surface area contributed by atoms with Gasteiger partial charge >= 0.3 is 5.97 Å². The lowest BCUT2D eigenvalue weighted by Gasteiger charge is -2.71. The zero-order valence-corrected chi connectivity index (χ0v) is 26.7. The van der Waals surface area contributed by atoms with Gasteiger partial charge in [-0.25, -0.2) is 0 Å². The van der Waals surface area contributed by atoms with Crippen LogP contribution in [0.3, 0.4) is 0 Å². The maximum Gasteiger partial charge on any atom is 0.310 e. The first-order chi connectivity index (χ1) is 20.1. The molecule has 1 aliphatic heterocycles. The first kappa shape index (κ1) is 31.7. The van der Waals surface area contributed by atoms with Gasteiger partial charge in [0.1, 0.15) is 24.4 Å². The van der Waals surface area contributed by atoms with Crippen LogP contribution in [0.1, 0.15) is 98.8 Å². The van der Waals surface area contributed by atoms with Gasteiger partial charge in [-0.2, -0.15) is 0 Å². The first-order valence-corrected chi connectivity index (χ1v) is 16.6. The Bertz CT molecular complexity index is 1180. The van der Waals surface area contributed by atoms with Crippen molar-refractivity contribution in [2.45, 2.75) is 136 Å². The Kier molecular flexibility index (Phi) is 7.63. The van der Waals surface area contributed by atoms with Gasteiger partial charge in [0.25, 0.3) is 0 Å². The van der Waals surface area contributed by atoms with E-state index in [9.17, 15) is 30.3 Å². The number of fused-ring (bicyclic) bond motifs is 7. The fourth-order valence-electron chi connectivity index (χ4n) is 11.8. The van der Waals surface area contributed by atoms with Crippen LogP contribution in [0.5, 0.6) is 0 Å². The summed E-state index contributed by atoms with van der Waals surface area (Å²) in [5.74, 6) is 0.211. The molecule has 0 aromatic heterocycles. The Labute approximate surface area is 256 Å². The molecule has 0 bridgehead atoms. The second-order valence-corrected chi connectivity index (χ2v) is 16.4. The van der Waals surface area contributed by atoms with Crippen molar-refractivity contribution in [3.8, 4) is 0 Å². The predicted molar refractivity (Wildman–Crippen MR) is 161 cm³/mol. The molecule has 1 unspecified atom stereocenters. The van der Waals surface area contributed by atoms with Crippen LogP contribution < -0.4 is 0 Å². The minimum absolute atomic E-state index is 0.0346. The molecule has 1 saturated heterocycles. The molecule has 0 amide bonds. The molecule has 0 radical (unpaired) electrons. The van der Waals surface area contributed by atoms with Crippen molar-refractivity contribution in [3.05, 3.63) is 23.8 Å². The average Bonchev–Trinajstić information content (AvgIpc) is 2.94. The van der Waals surface area contributed by atoms with Crippen molar-refractivity contribution in [1.82, 2.24) is 0 Å². The Morgan fingerprint density at radius 3 is 2.37 bits per heavy atom. The standard InChI is InChI=1S/C35H54O8/c1-19-9-14-35(30(40)41)16-15-33(5)20(21(35)17-19)7-8-24-32(4)12-11-25(31(2,3)23(32)10-13-34(24,33)6)43-29-28(39)27(38)26(37)22(18-36)42-29/h7,21-29,36-39H,1,8-18H2,2-6H3,(H,40,41)/t21-,22+,23-,24+,25?,26+,27-,28+,29-,32-,33+,34+,35-/m0/s1. The van der Waals surface area contributed by atoms with Crippen LogP contribution in [-0.4, -0.2) is 74.9 Å². The fourth-order valence-corrected chi connectivity index (χ4v) is 11.8. The molecule has 4 saturated carbocycles. The van der Waals surface area contributed by atoms with Gasteiger partial charge in [0.05, 0.1) is 18.1 Å². The Morgan fingerprint density at radius 2 is 1.70 bits per heavy atom. The smallest absolute Gasteiger partial charge is 0.310 e. The van der Waals surface area contributed by atoms with Crippen LogP contribution in [0.2, 0.25) is 0 Å². The molecule has 0 aromatic carbocycles. The summed E-state index contributed by atoms with van der Waals surface area (Å²) in [6, 6.07) is 0. The number of carboxylic acids is 1. The van der Waals surface area contributed by atoms with E-state index in [0.29, 0.717) is 18.3 Å². The Hall–Kier alpha value is -1.29. The second-order valence-electron chi connectivity index (χ2n) is 16.4. The van der Waals surface area contributed by atoms with E-state index in [0.717, 1.165) is 57.8 Å². The summed E-state index contributed by atoms with van der Waals surface area (Å²) in [4.78, 5) is 12.8. The first-order valence-electron chi connectivity index (χ1n) is 16.6. The van der Waals surface area contributed by atoms with E-state index >= 15 is 0 Å². The highest BCUT2D eigenvalue weighted by atomic mass is 16.7. The quantitative estimate of drug-likeness (QED) is 0.233. The van der Waals surface area contributed by atoms with Gasteiger partial charge in [0, 0.05) is 5.92 Å². The van der Waals surface area contributed by atoms with E-state index in [1.54, 1.807) is 0 Å². The Balaban J connectivity index is 1.29. The molecule has 0 spiro atoms. The summed E-state index contributed by atoms with van der Waals surface area (Å²) in [5, 5.41) is 51.5. The van der Waals surface area contributed by atoms with Crippen molar-refractivity contribution in [2.24, 2.45) is 44.8 Å². The number of aliphatic hydroxyl groups excluding tert-OH is 4. The highest BCUT2D eigenvalue weighted by Crippen LogP contribution is 2.75. The molecule has 8 heteroatoms. The van der Waals surface area contributed by atoms with Crippen LogP contribution >= 0.6 is 0 Å². The second kappa shape index (κ2) is 10.4. The molecule has 6 rings (SSSR count). The topological polar surface area (TPSA) is 137 Å². The summed E-state index contributed by atoms with van der Waals surface area (Å²) in [6.45, 7) is 15.8. The molecule has 6 aliphatic rings. The fraction of sp³-hybridized carbons (Fsp3) is 0.857. The van der Waals surface area contributed by atoms with Crippen molar-refractivity contribution < 1.29 is 39.8 Å². The van der Waals surface area contributed by atoms with Crippen molar-refractivity contribution in [2.75, 3.05) is 6.61 Å². The maximum absolute atomic E-state index is 12.8. The van der Waals surface area contributed by atoms with Gasteiger partial charge < -0.3 is 35.0 Å². The molecule has 43 heavy (non-hydrogen) atoms. The number of hydrogen-bond acceptors (Lipinski definition) is 7. The zero-order chi connectivity index (χ0) is 31.3. The number of carboxylic acid groups (broad SMARTS) is 1. The molecule has 0 aromatic rings. The van der Waals surface area contributed by atoms with Crippen molar-refractivity contribution >= 4 is 5.97 Å². The van der Waals surface area contributed by atoms with Crippen LogP contribution in [0.15, 0.2) is 23.8 Å². The van der Waals surface area contributed by atoms with Crippen molar-refractivity contribution in [3.63, 3.8) is 0 Å². The predicted octanol–water partition coefficient (Wildman–Crippen LogP) is 4.59. The lowest BCUT2D eigenvalue weighted by atomic mass is 9.34. The van der Waals surface area contributed by atoms with Gasteiger partial charge in [-0.3, -0.25) is 4.79 Å². The van der Waals surface area contributed by atoms with Gasteiger partial charge in [-0.05, 0) is 97.7 Å². The average molecular weight is 603 g/mol. The number of aliphatic carboxylic acids is 1. The SMILES string of the molecule is C=C1CC[C@]2(C(=O)O)CC[C@]3(C)C(=CC[C@@H]4[C@@]5(C)CCC(O[C@@H]6O[C@H](CO)[C@@H](O)[C@H](O)[C@H]6O)C(C)(C)[C@@H]5CC[C@]43C)[C@@H]2C1. The summed E-state index contributed by atoms with van der Waals surface area (Å²) in [6.07, 6.45) is 4.60. The molecule has 5 N–H and O–H groups in total. The number of carbonyl (C=O) groups is 1. The highest BCUT2D eigenvalue weighted by Gasteiger charge is 2.69. The van der Waals surface area contributed by atoms with Crippen LogP contribution in [0, 0.1) is 44.8 Å². The van der Waals surface area contributed by atoms with E-state index in [1.807, 2.05) is 0 Å². The zero-order valence-electron chi connectivity index (χ0n) is 26.7. The molecule has 13 atom stereocenters. The molecular weight excluding hydrogens is 548 g/mol. The van der Waals surface area contributed by atoms with Gasteiger partial charge in [-0.15, -0.1) is 0 Å². The number of aliphatic hydroxyl groups is 4. The maximum atomic E-state index is 12.8. The van der Waals surface area contributed by atoms with E-state index in [-0.39, 0.29) is 33.7 Å². The Morgan fingerprint density at radius 1 is 0.977 bits per heavy atom. The third-order valence-corrected chi connectivity index (χ3v) is 14.6. The van der Waals surface area contributed by atoms with Crippen molar-refractivity contribution in [1.29, 1.82) is 0 Å². The van der Waals surface area contributed by atoms with Gasteiger partial charge in [0.2, 0.25) is 0 Å². The van der Waals surface area contributed by atoms with E-state index in [4.69, 9.17) is 9.47 Å². The molecule has 5 aliphatic carbocycles. The number of rotatable bonds is 4. The van der Waals surface area contributed by atoms with Crippen LogP contribution in [0.25, 0.3) is 0 Å².